The van der Waals surface area contributed by atoms with Crippen molar-refractivity contribution in [2.24, 2.45) is 0 Å². The Labute approximate surface area is 107 Å². The average Bonchev–Trinajstić information content (AvgIpc) is 2.38. The van der Waals surface area contributed by atoms with Gasteiger partial charge >= 0.3 is 0 Å². The van der Waals surface area contributed by atoms with Gasteiger partial charge in [0.2, 0.25) is 0 Å². The van der Waals surface area contributed by atoms with Crippen LogP contribution in [0.15, 0.2) is 36.4 Å². The monoisotopic (exact) mass is 265 g/mol. The minimum atomic E-state index is -0.779. The van der Waals surface area contributed by atoms with Crippen LogP contribution in [0.4, 0.5) is 18.9 Å². The highest BCUT2D eigenvalue weighted by Gasteiger charge is 2.26. The predicted octanol–water partition coefficient (Wildman–Crippen LogP) is 3.65. The van der Waals surface area contributed by atoms with Crippen LogP contribution in [0.3, 0.4) is 0 Å². The van der Waals surface area contributed by atoms with Gasteiger partial charge < -0.3 is 10.1 Å². The third-order valence-corrected chi connectivity index (χ3v) is 3.01. The fourth-order valence-electron chi connectivity index (χ4n) is 2.12. The summed E-state index contributed by atoms with van der Waals surface area (Å²) in [6, 6.07) is 7.62. The maximum atomic E-state index is 13.7. The fourth-order valence-corrected chi connectivity index (χ4v) is 2.12. The van der Waals surface area contributed by atoms with Crippen molar-refractivity contribution < 1.29 is 17.9 Å². The number of ether oxygens (including phenoxy) is 1. The number of hydrogen-bond donors (Lipinski definition) is 1. The van der Waals surface area contributed by atoms with Crippen LogP contribution < -0.4 is 10.1 Å². The molecular formula is C14H10F3NO. The number of halogens is 3. The number of hydrogen-bond acceptors (Lipinski definition) is 2. The van der Waals surface area contributed by atoms with Crippen LogP contribution >= 0.6 is 0 Å². The van der Waals surface area contributed by atoms with Gasteiger partial charge in [-0.15, -0.1) is 0 Å². The summed E-state index contributed by atoms with van der Waals surface area (Å²) < 4.78 is 45.9. The van der Waals surface area contributed by atoms with Crippen LogP contribution in [0.5, 0.6) is 5.75 Å². The zero-order chi connectivity index (χ0) is 13.4. The molecule has 0 radical (unpaired) electrons. The Bertz CT molecular complexity index is 610. The largest absolute Gasteiger partial charge is 0.481 e. The second kappa shape index (κ2) is 4.50. The molecule has 0 spiro atoms. The van der Waals surface area contributed by atoms with E-state index in [-0.39, 0.29) is 12.1 Å². The summed E-state index contributed by atoms with van der Waals surface area (Å²) in [4.78, 5) is 0. The number of fused-ring (bicyclic) bond motifs is 1. The molecule has 1 N–H and O–H groups in total. The van der Waals surface area contributed by atoms with E-state index in [1.165, 1.54) is 36.4 Å². The molecule has 0 bridgehead atoms. The number of benzene rings is 2. The lowest BCUT2D eigenvalue weighted by molar-refractivity contribution is 0.199. The molecule has 2 aromatic rings. The third kappa shape index (κ3) is 2.12. The molecule has 3 rings (SSSR count). The van der Waals surface area contributed by atoms with Crippen molar-refractivity contribution in [2.45, 2.75) is 6.10 Å². The molecule has 1 atom stereocenters. The van der Waals surface area contributed by atoms with E-state index in [1.807, 2.05) is 0 Å². The highest BCUT2D eigenvalue weighted by Crippen LogP contribution is 2.35. The van der Waals surface area contributed by atoms with Gasteiger partial charge in [-0.05, 0) is 24.3 Å². The van der Waals surface area contributed by atoms with Gasteiger partial charge in [-0.2, -0.15) is 0 Å². The molecule has 0 amide bonds. The van der Waals surface area contributed by atoms with E-state index in [9.17, 15) is 13.2 Å². The first-order valence-corrected chi connectivity index (χ1v) is 5.79. The maximum Gasteiger partial charge on any atom is 0.147 e. The van der Waals surface area contributed by atoms with Crippen LogP contribution in [-0.4, -0.2) is 6.54 Å². The zero-order valence-corrected chi connectivity index (χ0v) is 9.79. The van der Waals surface area contributed by atoms with Crippen molar-refractivity contribution in [3.8, 4) is 5.75 Å². The Morgan fingerprint density at radius 1 is 1.05 bits per heavy atom. The molecule has 1 aliphatic heterocycles. The summed E-state index contributed by atoms with van der Waals surface area (Å²) in [5, 5.41) is 2.91. The quantitative estimate of drug-likeness (QED) is 0.849. The maximum absolute atomic E-state index is 13.7. The lowest BCUT2D eigenvalue weighted by atomic mass is 10.1. The zero-order valence-electron chi connectivity index (χ0n) is 9.79. The van der Waals surface area contributed by atoms with E-state index < -0.39 is 23.6 Å². The Morgan fingerprint density at radius 3 is 2.53 bits per heavy atom. The minimum Gasteiger partial charge on any atom is -0.481 e. The van der Waals surface area contributed by atoms with Gasteiger partial charge in [0.25, 0.3) is 0 Å². The molecule has 5 heteroatoms. The van der Waals surface area contributed by atoms with Gasteiger partial charge in [0.15, 0.2) is 0 Å². The summed E-state index contributed by atoms with van der Waals surface area (Å²) >= 11 is 0. The highest BCUT2D eigenvalue weighted by molar-refractivity contribution is 5.58. The van der Waals surface area contributed by atoms with Gasteiger partial charge in [-0.1, -0.05) is 6.07 Å². The normalized spacial score (nSPS) is 17.3. The number of nitrogens with one attached hydrogen (secondary N) is 1. The predicted molar refractivity (Wildman–Crippen MR) is 64.6 cm³/mol. The van der Waals surface area contributed by atoms with Crippen LogP contribution in [0, 0.1) is 17.5 Å². The lowest BCUT2D eigenvalue weighted by Crippen LogP contribution is -2.25. The lowest BCUT2D eigenvalue weighted by Gasteiger charge is -2.28. The van der Waals surface area contributed by atoms with Crippen molar-refractivity contribution in [1.82, 2.24) is 0 Å². The first kappa shape index (κ1) is 11.9. The summed E-state index contributed by atoms with van der Waals surface area (Å²) in [7, 11) is 0. The van der Waals surface area contributed by atoms with E-state index >= 15 is 0 Å². The summed E-state index contributed by atoms with van der Waals surface area (Å²) in [6.07, 6.45) is -0.779. The van der Waals surface area contributed by atoms with E-state index in [0.717, 1.165) is 0 Å². The molecule has 0 saturated carbocycles. The van der Waals surface area contributed by atoms with Crippen molar-refractivity contribution in [2.75, 3.05) is 11.9 Å². The second-order valence-electron chi connectivity index (χ2n) is 4.26. The van der Waals surface area contributed by atoms with Crippen molar-refractivity contribution in [3.63, 3.8) is 0 Å². The Kier molecular flexibility index (Phi) is 2.81. The number of rotatable bonds is 1. The second-order valence-corrected chi connectivity index (χ2v) is 4.26. The first-order valence-electron chi connectivity index (χ1n) is 5.79. The molecule has 1 unspecified atom stereocenters. The van der Waals surface area contributed by atoms with Crippen LogP contribution in [0.25, 0.3) is 0 Å². The molecule has 2 aromatic carbocycles. The van der Waals surface area contributed by atoms with Crippen LogP contribution in [0.2, 0.25) is 0 Å². The minimum absolute atomic E-state index is 0.120. The van der Waals surface area contributed by atoms with E-state index in [2.05, 4.69) is 5.32 Å². The van der Waals surface area contributed by atoms with Gasteiger partial charge in [0.1, 0.15) is 29.3 Å². The van der Waals surface area contributed by atoms with Gasteiger partial charge in [0, 0.05) is 6.07 Å². The SMILES string of the molecule is Fc1ccc2c(c1)NCC(c1c(F)cccc1F)O2. The van der Waals surface area contributed by atoms with Gasteiger partial charge in [0.05, 0.1) is 17.8 Å². The topological polar surface area (TPSA) is 21.3 Å². The smallest absolute Gasteiger partial charge is 0.147 e. The first-order chi connectivity index (χ1) is 9.15. The molecule has 1 aliphatic rings. The van der Waals surface area contributed by atoms with Crippen LogP contribution in [0.1, 0.15) is 11.7 Å². The Hall–Kier alpha value is -2.17. The third-order valence-electron chi connectivity index (χ3n) is 3.01. The fraction of sp³-hybridized carbons (Fsp3) is 0.143. The molecule has 2 nitrogen and oxygen atoms in total. The molecule has 0 saturated heterocycles. The van der Waals surface area contributed by atoms with E-state index in [0.29, 0.717) is 11.4 Å². The van der Waals surface area contributed by atoms with Gasteiger partial charge in [-0.3, -0.25) is 0 Å². The van der Waals surface area contributed by atoms with E-state index in [1.54, 1.807) is 0 Å². The summed E-state index contributed by atoms with van der Waals surface area (Å²) in [5.41, 5.74) is 0.359. The summed E-state index contributed by atoms with van der Waals surface area (Å²) in [6.45, 7) is 0.175. The van der Waals surface area contributed by atoms with Crippen LogP contribution in [-0.2, 0) is 0 Å². The molecule has 0 fully saturated rings. The molecule has 1 heterocycles. The molecule has 98 valence electrons. The van der Waals surface area contributed by atoms with Crippen molar-refractivity contribution >= 4 is 5.69 Å². The molecular weight excluding hydrogens is 255 g/mol. The van der Waals surface area contributed by atoms with Crippen molar-refractivity contribution in [1.29, 1.82) is 0 Å². The Balaban J connectivity index is 1.96. The average molecular weight is 265 g/mol. The summed E-state index contributed by atoms with van der Waals surface area (Å²) in [5.74, 6) is -1.33. The Morgan fingerprint density at radius 2 is 1.79 bits per heavy atom. The molecule has 19 heavy (non-hydrogen) atoms. The van der Waals surface area contributed by atoms with Crippen molar-refractivity contribution in [3.05, 3.63) is 59.4 Å². The standard InChI is InChI=1S/C14H10F3NO/c15-8-4-5-12-11(6-8)18-7-13(19-12)14-9(16)2-1-3-10(14)17/h1-6,13,18H,7H2. The molecule has 0 aliphatic carbocycles. The number of anilines is 1. The van der Waals surface area contributed by atoms with E-state index in [4.69, 9.17) is 4.74 Å². The molecule has 0 aromatic heterocycles. The highest BCUT2D eigenvalue weighted by atomic mass is 19.1. The van der Waals surface area contributed by atoms with Gasteiger partial charge in [-0.25, -0.2) is 13.2 Å².